The largest absolute Gasteiger partial charge is 0.354 e. The highest BCUT2D eigenvalue weighted by atomic mass is 15.1. The lowest BCUT2D eigenvalue weighted by atomic mass is 10.0. The van der Waals surface area contributed by atoms with Crippen molar-refractivity contribution in [1.29, 1.82) is 10.5 Å². The van der Waals surface area contributed by atoms with Crippen LogP contribution in [-0.4, -0.2) is 0 Å². The first-order valence-electron chi connectivity index (χ1n) is 9.50. The summed E-state index contributed by atoms with van der Waals surface area (Å²) in [6.07, 6.45) is 0. The highest BCUT2D eigenvalue weighted by Crippen LogP contribution is 2.39. The number of hydrogen-bond acceptors (Lipinski definition) is 4. The average molecular weight is 386 g/mol. The van der Waals surface area contributed by atoms with Crippen molar-refractivity contribution >= 4 is 28.4 Å². The van der Waals surface area contributed by atoms with Gasteiger partial charge < -0.3 is 10.2 Å². The Balaban J connectivity index is 1.91. The van der Waals surface area contributed by atoms with E-state index in [1.807, 2.05) is 102 Å². The molecule has 0 spiro atoms. The Morgan fingerprint density at radius 3 is 1.60 bits per heavy atom. The second-order valence-electron chi connectivity index (χ2n) is 6.64. The number of anilines is 5. The molecule has 0 saturated heterocycles. The third kappa shape index (κ3) is 3.85. The molecule has 0 saturated carbocycles. The first kappa shape index (κ1) is 18.8. The van der Waals surface area contributed by atoms with E-state index in [4.69, 9.17) is 0 Å². The minimum absolute atomic E-state index is 0.417. The van der Waals surface area contributed by atoms with Gasteiger partial charge in [0, 0.05) is 17.1 Å². The molecule has 4 heteroatoms. The van der Waals surface area contributed by atoms with Crippen molar-refractivity contribution in [3.63, 3.8) is 0 Å². The van der Waals surface area contributed by atoms with Crippen LogP contribution in [0.2, 0.25) is 0 Å². The molecule has 4 aromatic carbocycles. The third-order valence-electron chi connectivity index (χ3n) is 4.70. The lowest BCUT2D eigenvalue weighted by Gasteiger charge is -2.27. The van der Waals surface area contributed by atoms with Crippen LogP contribution in [0.15, 0.2) is 103 Å². The number of para-hydroxylation sites is 3. The van der Waals surface area contributed by atoms with Gasteiger partial charge in [-0.3, -0.25) is 0 Å². The summed E-state index contributed by atoms with van der Waals surface area (Å²) in [5.41, 5.74) is 4.92. The summed E-state index contributed by atoms with van der Waals surface area (Å²) >= 11 is 0. The monoisotopic (exact) mass is 386 g/mol. The Kier molecular flexibility index (Phi) is 5.42. The fraction of sp³-hybridized carbons (Fsp3) is 0. The zero-order chi connectivity index (χ0) is 20.8. The first-order valence-corrected chi connectivity index (χ1v) is 9.50. The van der Waals surface area contributed by atoms with Crippen molar-refractivity contribution in [3.8, 4) is 12.1 Å². The van der Waals surface area contributed by atoms with Gasteiger partial charge in [-0.25, -0.2) is 0 Å². The van der Waals surface area contributed by atoms with E-state index in [0.29, 0.717) is 22.5 Å². The van der Waals surface area contributed by atoms with Gasteiger partial charge in [0.2, 0.25) is 0 Å². The Bertz CT molecular complexity index is 1180. The van der Waals surface area contributed by atoms with Crippen molar-refractivity contribution in [1.82, 2.24) is 0 Å². The Hall–Kier alpha value is -4.54. The zero-order valence-electron chi connectivity index (χ0n) is 16.2. The quantitative estimate of drug-likeness (QED) is 0.417. The standard InChI is InChI=1S/C26H18N4/c27-18-20-16-21(19-28)26(17-25(20)29-22-10-4-1-5-11-22)30(23-12-6-2-7-13-23)24-14-8-3-9-15-24/h1-17,29H. The molecule has 0 bridgehead atoms. The van der Waals surface area contributed by atoms with Crippen LogP contribution in [-0.2, 0) is 0 Å². The summed E-state index contributed by atoms with van der Waals surface area (Å²) in [6.45, 7) is 0. The van der Waals surface area contributed by atoms with E-state index < -0.39 is 0 Å². The Morgan fingerprint density at radius 2 is 1.10 bits per heavy atom. The molecular formula is C26H18N4. The van der Waals surface area contributed by atoms with E-state index in [1.54, 1.807) is 6.07 Å². The van der Waals surface area contributed by atoms with Crippen LogP contribution in [0.3, 0.4) is 0 Å². The van der Waals surface area contributed by atoms with Crippen molar-refractivity contribution in [2.75, 3.05) is 10.2 Å². The van der Waals surface area contributed by atoms with Crippen LogP contribution < -0.4 is 10.2 Å². The van der Waals surface area contributed by atoms with E-state index >= 15 is 0 Å². The molecule has 0 atom stereocenters. The Labute approximate surface area is 175 Å². The van der Waals surface area contributed by atoms with Gasteiger partial charge in [0.05, 0.1) is 22.5 Å². The highest BCUT2D eigenvalue weighted by molar-refractivity contribution is 5.84. The van der Waals surface area contributed by atoms with Crippen LogP contribution in [0.4, 0.5) is 28.4 Å². The molecule has 0 aromatic heterocycles. The molecule has 0 fully saturated rings. The number of nitriles is 2. The summed E-state index contributed by atoms with van der Waals surface area (Å²) in [6, 6.07) is 37.4. The molecule has 1 N–H and O–H groups in total. The second kappa shape index (κ2) is 8.65. The lowest BCUT2D eigenvalue weighted by Crippen LogP contribution is -2.12. The summed E-state index contributed by atoms with van der Waals surface area (Å²) in [7, 11) is 0. The maximum Gasteiger partial charge on any atom is 0.101 e. The molecule has 0 radical (unpaired) electrons. The molecular weight excluding hydrogens is 368 g/mol. The smallest absolute Gasteiger partial charge is 0.101 e. The van der Waals surface area contributed by atoms with Gasteiger partial charge in [-0.15, -0.1) is 0 Å². The van der Waals surface area contributed by atoms with E-state index in [1.165, 1.54) is 0 Å². The minimum atomic E-state index is 0.417. The summed E-state index contributed by atoms with van der Waals surface area (Å²) in [5.74, 6) is 0. The zero-order valence-corrected chi connectivity index (χ0v) is 16.2. The lowest BCUT2D eigenvalue weighted by molar-refractivity contribution is 1.26. The Morgan fingerprint density at radius 1 is 0.600 bits per heavy atom. The number of hydrogen-bond donors (Lipinski definition) is 1. The SMILES string of the molecule is N#Cc1cc(C#N)c(N(c2ccccc2)c2ccccc2)cc1Nc1ccccc1. The van der Waals surface area contributed by atoms with Gasteiger partial charge >= 0.3 is 0 Å². The van der Waals surface area contributed by atoms with Crippen molar-refractivity contribution < 1.29 is 0 Å². The topological polar surface area (TPSA) is 62.9 Å². The molecule has 4 nitrogen and oxygen atoms in total. The minimum Gasteiger partial charge on any atom is -0.354 e. The number of benzene rings is 4. The molecule has 0 aliphatic carbocycles. The van der Waals surface area contributed by atoms with Crippen LogP contribution in [0.1, 0.15) is 11.1 Å². The van der Waals surface area contributed by atoms with Gasteiger partial charge in [-0.1, -0.05) is 54.6 Å². The normalized spacial score (nSPS) is 9.93. The van der Waals surface area contributed by atoms with Gasteiger partial charge in [0.15, 0.2) is 0 Å². The average Bonchev–Trinajstić information content (AvgIpc) is 2.81. The summed E-state index contributed by atoms with van der Waals surface area (Å²) in [5, 5.41) is 22.8. The van der Waals surface area contributed by atoms with Gasteiger partial charge in [-0.05, 0) is 48.5 Å². The molecule has 4 aromatic rings. The molecule has 30 heavy (non-hydrogen) atoms. The summed E-state index contributed by atoms with van der Waals surface area (Å²) < 4.78 is 0. The van der Waals surface area contributed by atoms with Crippen LogP contribution in [0.5, 0.6) is 0 Å². The molecule has 0 aliphatic heterocycles. The van der Waals surface area contributed by atoms with E-state index in [9.17, 15) is 10.5 Å². The molecule has 142 valence electrons. The van der Waals surface area contributed by atoms with E-state index in [2.05, 4.69) is 17.5 Å². The van der Waals surface area contributed by atoms with Crippen molar-refractivity contribution in [3.05, 3.63) is 114 Å². The maximum absolute atomic E-state index is 9.86. The van der Waals surface area contributed by atoms with Crippen LogP contribution in [0.25, 0.3) is 0 Å². The van der Waals surface area contributed by atoms with Crippen molar-refractivity contribution in [2.24, 2.45) is 0 Å². The first-order chi connectivity index (χ1) is 14.8. The maximum atomic E-state index is 9.86. The second-order valence-corrected chi connectivity index (χ2v) is 6.64. The number of rotatable bonds is 5. The molecule has 0 heterocycles. The van der Waals surface area contributed by atoms with Gasteiger partial charge in [-0.2, -0.15) is 10.5 Å². The molecule has 0 aliphatic rings. The van der Waals surface area contributed by atoms with E-state index in [-0.39, 0.29) is 0 Å². The predicted octanol–water partition coefficient (Wildman–Crippen LogP) is 6.64. The molecule has 0 unspecified atom stereocenters. The van der Waals surface area contributed by atoms with Gasteiger partial charge in [0.25, 0.3) is 0 Å². The van der Waals surface area contributed by atoms with Crippen LogP contribution >= 0.6 is 0 Å². The van der Waals surface area contributed by atoms with Gasteiger partial charge in [0.1, 0.15) is 12.1 Å². The molecule has 0 amide bonds. The number of nitrogens with zero attached hydrogens (tertiary/aromatic N) is 3. The summed E-state index contributed by atoms with van der Waals surface area (Å²) in [4.78, 5) is 2.02. The predicted molar refractivity (Wildman–Crippen MR) is 120 cm³/mol. The number of nitrogens with one attached hydrogen (secondary N) is 1. The highest BCUT2D eigenvalue weighted by Gasteiger charge is 2.19. The fourth-order valence-corrected chi connectivity index (χ4v) is 3.32. The fourth-order valence-electron chi connectivity index (χ4n) is 3.32. The van der Waals surface area contributed by atoms with Crippen molar-refractivity contribution in [2.45, 2.75) is 0 Å². The molecule has 4 rings (SSSR count). The van der Waals surface area contributed by atoms with E-state index in [0.717, 1.165) is 17.1 Å². The third-order valence-corrected chi connectivity index (χ3v) is 4.70. The van der Waals surface area contributed by atoms with Crippen LogP contribution in [0, 0.1) is 22.7 Å².